The van der Waals surface area contributed by atoms with Gasteiger partial charge in [-0.15, -0.1) is 0 Å². The van der Waals surface area contributed by atoms with E-state index in [1.165, 1.54) is 0 Å². The maximum atomic E-state index is 12.9. The molecule has 2 amide bonds. The number of nitrogens with zero attached hydrogens (tertiary/aromatic N) is 2. The number of carbonyl (C=O) groups excluding carboxylic acids is 2. The second-order valence-corrected chi connectivity index (χ2v) is 5.78. The summed E-state index contributed by atoms with van der Waals surface area (Å²) < 4.78 is 0. The first-order valence-electron chi connectivity index (χ1n) is 7.43. The van der Waals surface area contributed by atoms with Crippen molar-refractivity contribution in [3.8, 4) is 0 Å². The summed E-state index contributed by atoms with van der Waals surface area (Å²) in [6, 6.07) is 17.3. The van der Waals surface area contributed by atoms with Gasteiger partial charge in [-0.3, -0.25) is 9.59 Å². The summed E-state index contributed by atoms with van der Waals surface area (Å²) in [5, 5.41) is 0. The summed E-state index contributed by atoms with van der Waals surface area (Å²) in [5.41, 5.74) is 2.74. The van der Waals surface area contributed by atoms with Gasteiger partial charge in [0.05, 0.1) is 12.0 Å². The Morgan fingerprint density at radius 2 is 1.73 bits per heavy atom. The van der Waals surface area contributed by atoms with Crippen molar-refractivity contribution >= 4 is 23.2 Å². The number of para-hydroxylation sites is 2. The van der Waals surface area contributed by atoms with E-state index in [1.807, 2.05) is 54.6 Å². The quantitative estimate of drug-likeness (QED) is 0.810. The third kappa shape index (κ3) is 1.70. The molecule has 0 aliphatic carbocycles. The SMILES string of the molecule is CC(=O)N1c2ccccc2[C@H]2C(=O)N(c3ccccc3)C[C@H]21. The van der Waals surface area contributed by atoms with Gasteiger partial charge in [0.15, 0.2) is 0 Å². The number of amides is 2. The van der Waals surface area contributed by atoms with Gasteiger partial charge in [-0.25, -0.2) is 0 Å². The molecule has 4 nitrogen and oxygen atoms in total. The maximum Gasteiger partial charge on any atom is 0.236 e. The Morgan fingerprint density at radius 3 is 2.45 bits per heavy atom. The summed E-state index contributed by atoms with van der Waals surface area (Å²) in [6.07, 6.45) is 0. The summed E-state index contributed by atoms with van der Waals surface area (Å²) >= 11 is 0. The van der Waals surface area contributed by atoms with Crippen LogP contribution in [-0.4, -0.2) is 24.4 Å². The van der Waals surface area contributed by atoms with Crippen LogP contribution in [0, 0.1) is 0 Å². The molecule has 0 spiro atoms. The highest BCUT2D eigenvalue weighted by atomic mass is 16.2. The number of fused-ring (bicyclic) bond motifs is 3. The molecular weight excluding hydrogens is 276 g/mol. The molecule has 0 radical (unpaired) electrons. The molecule has 1 saturated heterocycles. The summed E-state index contributed by atoms with van der Waals surface area (Å²) in [7, 11) is 0. The van der Waals surface area contributed by atoms with Gasteiger partial charge in [0.25, 0.3) is 0 Å². The molecule has 0 aromatic heterocycles. The normalized spacial score (nSPS) is 22.7. The van der Waals surface area contributed by atoms with Gasteiger partial charge < -0.3 is 9.80 Å². The van der Waals surface area contributed by atoms with Crippen molar-refractivity contribution in [1.82, 2.24) is 0 Å². The lowest BCUT2D eigenvalue weighted by atomic mass is 9.97. The highest BCUT2D eigenvalue weighted by Crippen LogP contribution is 2.46. The highest BCUT2D eigenvalue weighted by molar-refractivity contribution is 6.08. The lowest BCUT2D eigenvalue weighted by Gasteiger charge is -2.24. The molecule has 0 bridgehead atoms. The average molecular weight is 292 g/mol. The lowest BCUT2D eigenvalue weighted by Crippen LogP contribution is -2.39. The minimum absolute atomic E-state index is 0.0114. The molecule has 0 N–H and O–H groups in total. The Hall–Kier alpha value is -2.62. The molecule has 1 fully saturated rings. The van der Waals surface area contributed by atoms with Crippen molar-refractivity contribution < 1.29 is 9.59 Å². The van der Waals surface area contributed by atoms with Gasteiger partial charge in [0.2, 0.25) is 11.8 Å². The summed E-state index contributed by atoms with van der Waals surface area (Å²) in [6.45, 7) is 2.11. The number of hydrogen-bond donors (Lipinski definition) is 0. The van der Waals surface area contributed by atoms with Gasteiger partial charge in [-0.2, -0.15) is 0 Å². The van der Waals surface area contributed by atoms with Crippen LogP contribution in [-0.2, 0) is 9.59 Å². The van der Waals surface area contributed by atoms with Crippen molar-refractivity contribution in [2.45, 2.75) is 18.9 Å². The Kier molecular flexibility index (Phi) is 2.79. The molecule has 2 aliphatic heterocycles. The second kappa shape index (κ2) is 4.70. The minimum atomic E-state index is -0.250. The summed E-state index contributed by atoms with van der Waals surface area (Å²) in [5.74, 6) is -0.185. The number of carbonyl (C=O) groups is 2. The van der Waals surface area contributed by atoms with Crippen molar-refractivity contribution in [3.05, 3.63) is 60.2 Å². The van der Waals surface area contributed by atoms with E-state index in [2.05, 4.69) is 0 Å². The maximum absolute atomic E-state index is 12.9. The molecular formula is C18H16N2O2. The predicted octanol–water partition coefficient (Wildman–Crippen LogP) is 2.55. The van der Waals surface area contributed by atoms with Crippen molar-refractivity contribution in [3.63, 3.8) is 0 Å². The summed E-state index contributed by atoms with van der Waals surface area (Å²) in [4.78, 5) is 28.6. The zero-order valence-corrected chi connectivity index (χ0v) is 12.3. The van der Waals surface area contributed by atoms with Crippen molar-refractivity contribution in [2.75, 3.05) is 16.3 Å². The molecule has 2 aliphatic rings. The Labute approximate surface area is 129 Å². The molecule has 0 saturated carbocycles. The molecule has 22 heavy (non-hydrogen) atoms. The van der Waals surface area contributed by atoms with Crippen LogP contribution in [0.4, 0.5) is 11.4 Å². The monoisotopic (exact) mass is 292 g/mol. The van der Waals surface area contributed by atoms with Crippen LogP contribution in [0.1, 0.15) is 18.4 Å². The molecule has 2 aromatic carbocycles. The van der Waals surface area contributed by atoms with E-state index in [-0.39, 0.29) is 23.8 Å². The van der Waals surface area contributed by atoms with Gasteiger partial charge in [-0.05, 0) is 23.8 Å². The number of rotatable bonds is 1. The Morgan fingerprint density at radius 1 is 1.05 bits per heavy atom. The third-order valence-electron chi connectivity index (χ3n) is 4.56. The van der Waals surface area contributed by atoms with Crippen LogP contribution >= 0.6 is 0 Å². The minimum Gasteiger partial charge on any atom is -0.310 e. The molecule has 2 aromatic rings. The van der Waals surface area contributed by atoms with E-state index in [0.717, 1.165) is 16.9 Å². The third-order valence-corrected chi connectivity index (χ3v) is 4.56. The molecule has 110 valence electrons. The van der Waals surface area contributed by atoms with Crippen LogP contribution in [0.25, 0.3) is 0 Å². The van der Waals surface area contributed by atoms with Crippen LogP contribution in [0.5, 0.6) is 0 Å². The van der Waals surface area contributed by atoms with Gasteiger partial charge in [0, 0.05) is 24.8 Å². The molecule has 0 unspecified atom stereocenters. The predicted molar refractivity (Wildman–Crippen MR) is 84.9 cm³/mol. The van der Waals surface area contributed by atoms with E-state index >= 15 is 0 Å². The van der Waals surface area contributed by atoms with Crippen molar-refractivity contribution in [2.24, 2.45) is 0 Å². The van der Waals surface area contributed by atoms with Gasteiger partial charge >= 0.3 is 0 Å². The van der Waals surface area contributed by atoms with Crippen LogP contribution < -0.4 is 9.80 Å². The second-order valence-electron chi connectivity index (χ2n) is 5.78. The first kappa shape index (κ1) is 13.1. The van der Waals surface area contributed by atoms with Gasteiger partial charge in [-0.1, -0.05) is 36.4 Å². The first-order valence-corrected chi connectivity index (χ1v) is 7.43. The van der Waals surface area contributed by atoms with E-state index in [1.54, 1.807) is 16.7 Å². The first-order chi connectivity index (χ1) is 10.7. The fraction of sp³-hybridized carbons (Fsp3) is 0.222. The Balaban J connectivity index is 1.79. The topological polar surface area (TPSA) is 40.6 Å². The molecule has 2 heterocycles. The fourth-order valence-electron chi connectivity index (χ4n) is 3.68. The number of benzene rings is 2. The number of hydrogen-bond acceptors (Lipinski definition) is 2. The zero-order valence-electron chi connectivity index (χ0n) is 12.3. The van der Waals surface area contributed by atoms with E-state index in [4.69, 9.17) is 0 Å². The Bertz CT molecular complexity index is 757. The standard InChI is InChI=1S/C18H16N2O2/c1-12(21)20-15-10-6-5-9-14(15)17-16(20)11-19(18(17)22)13-7-3-2-4-8-13/h2-10,16-17H,11H2,1H3/t16-,17-/m1/s1. The van der Waals surface area contributed by atoms with Crippen LogP contribution in [0.3, 0.4) is 0 Å². The zero-order chi connectivity index (χ0) is 15.3. The van der Waals surface area contributed by atoms with Gasteiger partial charge in [0.1, 0.15) is 0 Å². The van der Waals surface area contributed by atoms with E-state index in [0.29, 0.717) is 6.54 Å². The average Bonchev–Trinajstić information content (AvgIpc) is 3.03. The molecule has 4 rings (SSSR count). The highest BCUT2D eigenvalue weighted by Gasteiger charge is 2.51. The molecule has 2 atom stereocenters. The van der Waals surface area contributed by atoms with E-state index < -0.39 is 0 Å². The van der Waals surface area contributed by atoms with Crippen LogP contribution in [0.15, 0.2) is 54.6 Å². The van der Waals surface area contributed by atoms with Crippen molar-refractivity contribution in [1.29, 1.82) is 0 Å². The largest absolute Gasteiger partial charge is 0.310 e. The van der Waals surface area contributed by atoms with E-state index in [9.17, 15) is 9.59 Å². The lowest BCUT2D eigenvalue weighted by molar-refractivity contribution is -0.118. The smallest absolute Gasteiger partial charge is 0.236 e. The fourth-order valence-corrected chi connectivity index (χ4v) is 3.68. The van der Waals surface area contributed by atoms with Crippen LogP contribution in [0.2, 0.25) is 0 Å². The number of anilines is 2. The molecule has 4 heteroatoms.